The van der Waals surface area contributed by atoms with Gasteiger partial charge in [0.25, 0.3) is 0 Å². The number of ether oxygens (including phenoxy) is 2. The van der Waals surface area contributed by atoms with Gasteiger partial charge in [0.15, 0.2) is 0 Å². The first-order valence-corrected chi connectivity index (χ1v) is 7.48. The lowest BCUT2D eigenvalue weighted by Gasteiger charge is -2.55. The quantitative estimate of drug-likeness (QED) is 0.544. The molecule has 3 heteroatoms. The average molecular weight is 276 g/mol. The Kier molecular flexibility index (Phi) is 2.91. The van der Waals surface area contributed by atoms with Crippen LogP contribution in [-0.2, 0) is 14.3 Å². The maximum absolute atomic E-state index is 11.4. The molecule has 3 nitrogen and oxygen atoms in total. The van der Waals surface area contributed by atoms with Crippen molar-refractivity contribution < 1.29 is 14.3 Å². The molecule has 0 spiro atoms. The Bertz CT molecular complexity index is 506. The summed E-state index contributed by atoms with van der Waals surface area (Å²) in [6, 6.07) is 0. The van der Waals surface area contributed by atoms with Gasteiger partial charge in [-0.05, 0) is 25.3 Å². The van der Waals surface area contributed by atoms with Crippen molar-refractivity contribution in [3.8, 4) is 0 Å². The van der Waals surface area contributed by atoms with E-state index in [0.717, 1.165) is 24.8 Å². The van der Waals surface area contributed by atoms with Crippen LogP contribution in [0.5, 0.6) is 0 Å². The molecule has 0 aromatic rings. The molecule has 0 amide bonds. The normalized spacial score (nSPS) is 46.7. The molecular formula is C17H24O3. The molecule has 0 radical (unpaired) electrons. The standard InChI is InChI=1S/C17H24O3/c1-10-6-7-16(4)14(8-10)20-13-9-15(19-12(3)18)17(16,5)11(13)2/h8,13-15H,2,6-7,9H2,1,3-5H3/t13-,14-,15-,16+,17-/m1/s1. The van der Waals surface area contributed by atoms with Crippen LogP contribution < -0.4 is 0 Å². The van der Waals surface area contributed by atoms with Gasteiger partial charge < -0.3 is 9.47 Å². The molecule has 0 unspecified atom stereocenters. The van der Waals surface area contributed by atoms with Crippen LogP contribution in [0.3, 0.4) is 0 Å². The van der Waals surface area contributed by atoms with Crippen LogP contribution in [0.1, 0.15) is 47.0 Å². The lowest BCUT2D eigenvalue weighted by atomic mass is 9.54. The Labute approximate surface area is 121 Å². The molecule has 5 atom stereocenters. The van der Waals surface area contributed by atoms with Crippen LogP contribution in [0, 0.1) is 10.8 Å². The van der Waals surface area contributed by atoms with E-state index in [1.807, 2.05) is 0 Å². The monoisotopic (exact) mass is 276 g/mol. The summed E-state index contributed by atoms with van der Waals surface area (Å²) in [4.78, 5) is 11.4. The smallest absolute Gasteiger partial charge is 0.302 e. The Balaban J connectivity index is 2.05. The summed E-state index contributed by atoms with van der Waals surface area (Å²) in [5.41, 5.74) is 2.27. The van der Waals surface area contributed by atoms with Gasteiger partial charge in [-0.15, -0.1) is 0 Å². The highest BCUT2D eigenvalue weighted by atomic mass is 16.6. The molecule has 2 bridgehead atoms. The van der Waals surface area contributed by atoms with E-state index in [0.29, 0.717) is 0 Å². The van der Waals surface area contributed by atoms with Gasteiger partial charge >= 0.3 is 5.97 Å². The first-order valence-electron chi connectivity index (χ1n) is 7.48. The first-order chi connectivity index (χ1) is 9.29. The van der Waals surface area contributed by atoms with Crippen molar-refractivity contribution >= 4 is 5.97 Å². The fourth-order valence-corrected chi connectivity index (χ4v) is 4.40. The molecule has 2 aliphatic carbocycles. The number of rotatable bonds is 1. The van der Waals surface area contributed by atoms with Crippen molar-refractivity contribution in [1.82, 2.24) is 0 Å². The van der Waals surface area contributed by atoms with E-state index in [9.17, 15) is 4.79 Å². The molecule has 110 valence electrons. The van der Waals surface area contributed by atoms with Crippen LogP contribution >= 0.6 is 0 Å². The van der Waals surface area contributed by atoms with Crippen molar-refractivity contribution in [3.63, 3.8) is 0 Å². The van der Waals surface area contributed by atoms with Crippen molar-refractivity contribution in [1.29, 1.82) is 0 Å². The van der Waals surface area contributed by atoms with Crippen LogP contribution in [0.15, 0.2) is 23.8 Å². The van der Waals surface area contributed by atoms with Crippen LogP contribution in [-0.4, -0.2) is 24.3 Å². The SMILES string of the molecule is C=C1[C@H]2C[C@@H](OC(C)=O)[C@]1(C)[C@@]1(C)CCC(C)=C[C@H]1O2. The van der Waals surface area contributed by atoms with E-state index in [2.05, 4.69) is 33.4 Å². The van der Waals surface area contributed by atoms with Crippen molar-refractivity contribution in [3.05, 3.63) is 23.8 Å². The summed E-state index contributed by atoms with van der Waals surface area (Å²) in [5, 5.41) is 0. The minimum absolute atomic E-state index is 0.0181. The van der Waals surface area contributed by atoms with E-state index in [-0.39, 0.29) is 35.1 Å². The molecule has 20 heavy (non-hydrogen) atoms. The predicted molar refractivity (Wildman–Crippen MR) is 77.2 cm³/mol. The van der Waals surface area contributed by atoms with Gasteiger partial charge in [-0.2, -0.15) is 0 Å². The fourth-order valence-electron chi connectivity index (χ4n) is 4.40. The number of carbonyl (C=O) groups is 1. The van der Waals surface area contributed by atoms with Gasteiger partial charge in [-0.1, -0.05) is 32.1 Å². The second-order valence-electron chi connectivity index (χ2n) is 7.04. The van der Waals surface area contributed by atoms with Crippen LogP contribution in [0.2, 0.25) is 0 Å². The fraction of sp³-hybridized carbons (Fsp3) is 0.706. The topological polar surface area (TPSA) is 35.5 Å². The summed E-state index contributed by atoms with van der Waals surface area (Å²) < 4.78 is 11.9. The summed E-state index contributed by atoms with van der Waals surface area (Å²) in [6.45, 7) is 12.4. The van der Waals surface area contributed by atoms with Crippen molar-refractivity contribution in [2.24, 2.45) is 10.8 Å². The maximum Gasteiger partial charge on any atom is 0.302 e. The Morgan fingerprint density at radius 1 is 1.50 bits per heavy atom. The minimum atomic E-state index is -0.209. The van der Waals surface area contributed by atoms with Crippen molar-refractivity contribution in [2.75, 3.05) is 0 Å². The number of hydrogen-bond donors (Lipinski definition) is 0. The lowest BCUT2D eigenvalue weighted by molar-refractivity contribution is -0.161. The Morgan fingerprint density at radius 3 is 2.85 bits per heavy atom. The average Bonchev–Trinajstić information content (AvgIpc) is 2.53. The second kappa shape index (κ2) is 4.20. The largest absolute Gasteiger partial charge is 0.461 e. The highest BCUT2D eigenvalue weighted by molar-refractivity contribution is 5.66. The van der Waals surface area contributed by atoms with E-state index in [1.54, 1.807) is 0 Å². The maximum atomic E-state index is 11.4. The van der Waals surface area contributed by atoms with Crippen molar-refractivity contribution in [2.45, 2.75) is 65.3 Å². The van der Waals surface area contributed by atoms with Crippen LogP contribution in [0.4, 0.5) is 0 Å². The molecule has 3 aliphatic rings. The zero-order chi connectivity index (χ0) is 14.7. The lowest BCUT2D eigenvalue weighted by Crippen LogP contribution is -2.56. The Morgan fingerprint density at radius 2 is 2.20 bits per heavy atom. The third-order valence-electron chi connectivity index (χ3n) is 6.04. The minimum Gasteiger partial charge on any atom is -0.461 e. The summed E-state index contributed by atoms with van der Waals surface area (Å²) in [6.07, 6.45) is 5.16. The first kappa shape index (κ1) is 13.9. The Hall–Kier alpha value is -1.09. The van der Waals surface area contributed by atoms with Gasteiger partial charge in [0.05, 0.1) is 12.2 Å². The number of allylic oxidation sites excluding steroid dienone is 1. The second-order valence-corrected chi connectivity index (χ2v) is 7.04. The highest BCUT2D eigenvalue weighted by Crippen LogP contribution is 2.64. The van der Waals surface area contributed by atoms with E-state index in [4.69, 9.17) is 9.47 Å². The summed E-state index contributed by atoms with van der Waals surface area (Å²) in [5.74, 6) is -0.209. The van der Waals surface area contributed by atoms with E-state index in [1.165, 1.54) is 12.5 Å². The third kappa shape index (κ3) is 1.59. The van der Waals surface area contributed by atoms with Gasteiger partial charge in [-0.3, -0.25) is 4.79 Å². The molecule has 0 aromatic heterocycles. The van der Waals surface area contributed by atoms with Crippen LogP contribution in [0.25, 0.3) is 0 Å². The third-order valence-corrected chi connectivity index (χ3v) is 6.04. The number of fused-ring (bicyclic) bond motifs is 4. The molecule has 1 heterocycles. The highest BCUT2D eigenvalue weighted by Gasteiger charge is 2.65. The number of hydrogen-bond acceptors (Lipinski definition) is 3. The molecule has 3 rings (SSSR count). The van der Waals surface area contributed by atoms with Gasteiger partial charge in [0, 0.05) is 24.2 Å². The number of esters is 1. The molecule has 2 fully saturated rings. The summed E-state index contributed by atoms with van der Waals surface area (Å²) in [7, 11) is 0. The van der Waals surface area contributed by atoms with E-state index < -0.39 is 0 Å². The molecule has 0 aromatic carbocycles. The summed E-state index contributed by atoms with van der Waals surface area (Å²) >= 11 is 0. The molecular weight excluding hydrogens is 252 g/mol. The molecule has 0 N–H and O–H groups in total. The molecule has 1 aliphatic heterocycles. The number of carbonyl (C=O) groups excluding carboxylic acids is 1. The van der Waals surface area contributed by atoms with Gasteiger partial charge in [-0.25, -0.2) is 0 Å². The van der Waals surface area contributed by atoms with E-state index >= 15 is 0 Å². The van der Waals surface area contributed by atoms with Gasteiger partial charge in [0.1, 0.15) is 6.10 Å². The zero-order valence-electron chi connectivity index (χ0n) is 12.9. The molecule has 1 saturated heterocycles. The molecule has 1 saturated carbocycles. The van der Waals surface area contributed by atoms with Gasteiger partial charge in [0.2, 0.25) is 0 Å². The zero-order valence-corrected chi connectivity index (χ0v) is 12.9. The predicted octanol–water partition coefficient (Wildman–Crippen LogP) is 3.40.